The lowest BCUT2D eigenvalue weighted by Gasteiger charge is -2.32. The van der Waals surface area contributed by atoms with Gasteiger partial charge in [0.2, 0.25) is 5.91 Å². The molecule has 3 heteroatoms. The molecule has 0 aromatic carbocycles. The van der Waals surface area contributed by atoms with Crippen molar-refractivity contribution in [3.63, 3.8) is 0 Å². The van der Waals surface area contributed by atoms with E-state index < -0.39 is 0 Å². The first kappa shape index (κ1) is 12.5. The number of hydrogen-bond donors (Lipinski definition) is 0. The van der Waals surface area contributed by atoms with Crippen LogP contribution in [0.15, 0.2) is 0 Å². The number of hydrogen-bond acceptors (Lipinski definition) is 2. The monoisotopic (exact) mass is 213 g/mol. The summed E-state index contributed by atoms with van der Waals surface area (Å²) in [5.41, 5.74) is -0.224. The maximum atomic E-state index is 11.9. The van der Waals surface area contributed by atoms with Gasteiger partial charge in [0.25, 0.3) is 0 Å². The van der Waals surface area contributed by atoms with Crippen LogP contribution in [0.5, 0.6) is 0 Å². The predicted octanol–water partition coefficient (Wildman–Crippen LogP) is 2.20. The second kappa shape index (κ2) is 4.12. The van der Waals surface area contributed by atoms with Crippen LogP contribution in [0.2, 0.25) is 0 Å². The predicted molar refractivity (Wildman–Crippen MR) is 60.7 cm³/mol. The summed E-state index contributed by atoms with van der Waals surface area (Å²) < 4.78 is 5.51. The van der Waals surface area contributed by atoms with Gasteiger partial charge < -0.3 is 9.64 Å². The van der Waals surface area contributed by atoms with Crippen molar-refractivity contribution in [1.82, 2.24) is 4.90 Å². The molecule has 0 N–H and O–H groups in total. The molecular weight excluding hydrogens is 190 g/mol. The average molecular weight is 213 g/mol. The van der Waals surface area contributed by atoms with Crippen LogP contribution in [0.25, 0.3) is 0 Å². The van der Waals surface area contributed by atoms with Crippen molar-refractivity contribution in [1.29, 1.82) is 0 Å². The van der Waals surface area contributed by atoms with Crippen LogP contribution in [-0.2, 0) is 9.53 Å². The van der Waals surface area contributed by atoms with Crippen molar-refractivity contribution < 1.29 is 9.53 Å². The molecule has 0 aromatic rings. The lowest BCUT2D eigenvalue weighted by Crippen LogP contribution is -2.45. The van der Waals surface area contributed by atoms with Gasteiger partial charge in [0.05, 0.1) is 5.60 Å². The number of ether oxygens (including phenoxy) is 1. The Morgan fingerprint density at radius 1 is 1.40 bits per heavy atom. The molecule has 0 spiro atoms. The van der Waals surface area contributed by atoms with Crippen LogP contribution in [0.4, 0.5) is 0 Å². The quantitative estimate of drug-likeness (QED) is 0.704. The normalized spacial score (nSPS) is 20.7. The van der Waals surface area contributed by atoms with Gasteiger partial charge in [-0.3, -0.25) is 4.79 Å². The van der Waals surface area contributed by atoms with E-state index in [2.05, 4.69) is 13.8 Å². The van der Waals surface area contributed by atoms with E-state index in [0.29, 0.717) is 0 Å². The molecule has 0 aliphatic carbocycles. The van der Waals surface area contributed by atoms with E-state index in [9.17, 15) is 4.79 Å². The third-order valence-corrected chi connectivity index (χ3v) is 2.83. The van der Waals surface area contributed by atoms with E-state index in [-0.39, 0.29) is 23.7 Å². The average Bonchev–Trinajstić information content (AvgIpc) is 2.40. The number of likely N-dealkylation sites (tertiary alicyclic amines) is 1. The van der Waals surface area contributed by atoms with Gasteiger partial charge in [-0.15, -0.1) is 0 Å². The third kappa shape index (κ3) is 3.49. The Bertz CT molecular complexity index is 240. The molecular formula is C12H23NO2. The lowest BCUT2D eigenvalue weighted by atomic mass is 10.0. The molecule has 0 radical (unpaired) electrons. The number of amides is 1. The summed E-state index contributed by atoms with van der Waals surface area (Å²) in [4.78, 5) is 13.9. The van der Waals surface area contributed by atoms with Gasteiger partial charge in [-0.25, -0.2) is 0 Å². The Morgan fingerprint density at radius 3 is 2.40 bits per heavy atom. The number of carbonyl (C=O) groups excluding carboxylic acids is 1. The molecule has 88 valence electrons. The zero-order chi connectivity index (χ0) is 11.7. The van der Waals surface area contributed by atoms with Crippen LogP contribution in [0.3, 0.4) is 0 Å². The van der Waals surface area contributed by atoms with Crippen molar-refractivity contribution in [3.05, 3.63) is 0 Å². The Balaban J connectivity index is 2.48. The molecule has 1 aliphatic rings. The molecule has 0 bridgehead atoms. The van der Waals surface area contributed by atoms with Gasteiger partial charge in [-0.05, 0) is 47.5 Å². The Hall–Kier alpha value is -0.570. The summed E-state index contributed by atoms with van der Waals surface area (Å²) >= 11 is 0. The van der Waals surface area contributed by atoms with Crippen LogP contribution in [0, 0.1) is 0 Å². The van der Waals surface area contributed by atoms with Gasteiger partial charge in [-0.1, -0.05) is 0 Å². The summed E-state index contributed by atoms with van der Waals surface area (Å²) in [6.45, 7) is 11.2. The molecule has 1 heterocycles. The molecule has 3 nitrogen and oxygen atoms in total. The van der Waals surface area contributed by atoms with E-state index in [4.69, 9.17) is 4.74 Å². The fourth-order valence-corrected chi connectivity index (χ4v) is 1.93. The number of carbonyl (C=O) groups is 1. The molecule has 1 fully saturated rings. The van der Waals surface area contributed by atoms with Crippen molar-refractivity contribution in [2.24, 2.45) is 0 Å². The minimum absolute atomic E-state index is 0.0122. The molecule has 0 unspecified atom stereocenters. The summed E-state index contributed by atoms with van der Waals surface area (Å²) in [6, 6.07) is 0. The van der Waals surface area contributed by atoms with Crippen LogP contribution in [-0.4, -0.2) is 35.1 Å². The van der Waals surface area contributed by atoms with E-state index in [0.717, 1.165) is 19.4 Å². The largest absolute Gasteiger partial charge is 0.366 e. The molecule has 0 saturated carbocycles. The van der Waals surface area contributed by atoms with Gasteiger partial charge in [-0.2, -0.15) is 0 Å². The van der Waals surface area contributed by atoms with Gasteiger partial charge in [0.15, 0.2) is 0 Å². The van der Waals surface area contributed by atoms with E-state index in [1.807, 2.05) is 25.7 Å². The van der Waals surface area contributed by atoms with Gasteiger partial charge >= 0.3 is 0 Å². The third-order valence-electron chi connectivity index (χ3n) is 2.83. The van der Waals surface area contributed by atoms with E-state index in [1.165, 1.54) is 0 Å². The highest BCUT2D eigenvalue weighted by Crippen LogP contribution is 2.28. The van der Waals surface area contributed by atoms with Crippen molar-refractivity contribution >= 4 is 5.91 Å². The Labute approximate surface area is 92.8 Å². The highest BCUT2D eigenvalue weighted by Gasteiger charge is 2.35. The van der Waals surface area contributed by atoms with Crippen LogP contribution in [0.1, 0.15) is 47.5 Å². The van der Waals surface area contributed by atoms with Crippen molar-refractivity contribution in [2.45, 2.75) is 58.6 Å². The fourth-order valence-electron chi connectivity index (χ4n) is 1.93. The zero-order valence-electron chi connectivity index (χ0n) is 10.6. The first-order valence-corrected chi connectivity index (χ1v) is 5.67. The Kier molecular flexibility index (Phi) is 3.44. The standard InChI is InChI=1S/C12H23NO2/c1-11(2,3)15-9-10(14)13-8-6-7-12(13,4)5/h6-9H2,1-5H3. The van der Waals surface area contributed by atoms with E-state index in [1.54, 1.807) is 0 Å². The molecule has 0 aromatic heterocycles. The first-order valence-electron chi connectivity index (χ1n) is 5.67. The van der Waals surface area contributed by atoms with Crippen molar-refractivity contribution in [3.8, 4) is 0 Å². The topological polar surface area (TPSA) is 29.5 Å². The molecule has 1 amide bonds. The zero-order valence-corrected chi connectivity index (χ0v) is 10.6. The van der Waals surface area contributed by atoms with Crippen LogP contribution >= 0.6 is 0 Å². The van der Waals surface area contributed by atoms with E-state index >= 15 is 0 Å². The highest BCUT2D eigenvalue weighted by molar-refractivity contribution is 5.78. The second-order valence-corrected chi connectivity index (χ2v) is 5.86. The SMILES string of the molecule is CC(C)(C)OCC(=O)N1CCCC1(C)C. The second-order valence-electron chi connectivity index (χ2n) is 5.86. The Morgan fingerprint density at radius 2 is 2.00 bits per heavy atom. The molecule has 15 heavy (non-hydrogen) atoms. The minimum Gasteiger partial charge on any atom is -0.366 e. The summed E-state index contributed by atoms with van der Waals surface area (Å²) in [6.07, 6.45) is 2.20. The van der Waals surface area contributed by atoms with Crippen molar-refractivity contribution in [2.75, 3.05) is 13.2 Å². The maximum Gasteiger partial charge on any atom is 0.249 e. The molecule has 1 aliphatic heterocycles. The smallest absolute Gasteiger partial charge is 0.249 e. The first-order chi connectivity index (χ1) is 6.72. The summed E-state index contributed by atoms with van der Waals surface area (Å²) in [7, 11) is 0. The van der Waals surface area contributed by atoms with Crippen LogP contribution < -0.4 is 0 Å². The highest BCUT2D eigenvalue weighted by atomic mass is 16.5. The minimum atomic E-state index is -0.237. The summed E-state index contributed by atoms with van der Waals surface area (Å²) in [5.74, 6) is 0.118. The van der Waals surface area contributed by atoms with Gasteiger partial charge in [0.1, 0.15) is 6.61 Å². The molecule has 1 saturated heterocycles. The summed E-state index contributed by atoms with van der Waals surface area (Å²) in [5, 5.41) is 0. The lowest BCUT2D eigenvalue weighted by molar-refractivity contribution is -0.144. The van der Waals surface area contributed by atoms with Gasteiger partial charge in [0, 0.05) is 12.1 Å². The fraction of sp³-hybridized carbons (Fsp3) is 0.917. The molecule has 0 atom stereocenters. The molecule has 1 rings (SSSR count). The number of nitrogens with zero attached hydrogens (tertiary/aromatic N) is 1. The maximum absolute atomic E-state index is 11.9. The number of rotatable bonds is 2.